The molecule has 0 spiro atoms. The van der Waals surface area contributed by atoms with Gasteiger partial charge in [-0.05, 0) is 38.9 Å². The Hall–Kier alpha value is -5.62. The van der Waals surface area contributed by atoms with Crippen LogP contribution in [-0.2, 0) is 103 Å². The van der Waals surface area contributed by atoms with E-state index >= 15 is 0 Å². The molecule has 0 N–H and O–H groups in total. The lowest BCUT2D eigenvalue weighted by Gasteiger charge is -2.50. The monoisotopic (exact) mass is 1070 g/mol. The summed E-state index contributed by atoms with van der Waals surface area (Å²) in [6.07, 6.45) is -9.71. The Morgan fingerprint density at radius 3 is 0.947 bits per heavy atom. The molecule has 2 aliphatic rings. The minimum absolute atomic E-state index is 0.0440. The fraction of sp³-hybridized carbons (Fsp3) is 0.323. The highest BCUT2D eigenvalue weighted by Crippen LogP contribution is 2.37. The van der Waals surface area contributed by atoms with Crippen LogP contribution in [0.4, 0.5) is 0 Å². The van der Waals surface area contributed by atoms with E-state index in [1.165, 1.54) is 0 Å². The van der Waals surface area contributed by atoms with Crippen molar-refractivity contribution in [3.05, 3.63) is 251 Å². The zero-order chi connectivity index (χ0) is 52.2. The molecule has 4 unspecified atom stereocenters. The van der Waals surface area contributed by atoms with Gasteiger partial charge in [0.25, 0.3) is 0 Å². The topological polar surface area (TPSA) is 126 Å². The second-order valence-corrected chi connectivity index (χ2v) is 21.7. The first-order valence-corrected chi connectivity index (χ1v) is 28.2. The highest BCUT2D eigenvalue weighted by Gasteiger charge is 2.55. The maximum atomic E-state index is 13.2. The molecule has 2 fully saturated rings. The van der Waals surface area contributed by atoms with Gasteiger partial charge >= 0.3 is 0 Å². The summed E-state index contributed by atoms with van der Waals surface area (Å²) in [6, 6.07) is 68.7. The van der Waals surface area contributed by atoms with Gasteiger partial charge in [-0.3, -0.25) is 0 Å². The molecule has 0 amide bonds. The summed E-state index contributed by atoms with van der Waals surface area (Å²) >= 11 is 0. The second kappa shape index (κ2) is 28.7. The Kier molecular flexibility index (Phi) is 20.8. The van der Waals surface area contributed by atoms with E-state index in [0.717, 1.165) is 38.9 Å². The third-order valence-corrected chi connectivity index (χ3v) is 14.3. The maximum Gasteiger partial charge on any atom is 0.235 e. The van der Waals surface area contributed by atoms with E-state index in [4.69, 9.17) is 58.1 Å². The molecule has 2 aliphatic heterocycles. The fourth-order valence-electron chi connectivity index (χ4n) is 9.42. The van der Waals surface area contributed by atoms with E-state index in [2.05, 4.69) is 0 Å². The van der Waals surface area contributed by atoms with Crippen LogP contribution in [-0.4, -0.2) is 88.6 Å². The van der Waals surface area contributed by atoms with Crippen LogP contribution in [0.1, 0.15) is 38.9 Å². The molecule has 0 saturated carbocycles. The van der Waals surface area contributed by atoms with Crippen LogP contribution in [0.15, 0.2) is 212 Å². The zero-order valence-electron chi connectivity index (χ0n) is 42.2. The maximum absolute atomic E-state index is 13.2. The van der Waals surface area contributed by atoms with E-state index in [1.807, 2.05) is 212 Å². The highest BCUT2D eigenvalue weighted by molar-refractivity contribution is 8.13. The van der Waals surface area contributed by atoms with Gasteiger partial charge in [0.05, 0.1) is 65.2 Å². The summed E-state index contributed by atoms with van der Waals surface area (Å²) in [7, 11) is 1.95. The summed E-state index contributed by atoms with van der Waals surface area (Å²) in [4.78, 5) is 0. The molecule has 12 nitrogen and oxygen atoms in total. The molecule has 0 aromatic heterocycles. The fourth-order valence-corrected chi connectivity index (χ4v) is 10.5. The van der Waals surface area contributed by atoms with Crippen molar-refractivity contribution in [2.45, 2.75) is 107 Å². The number of hydrogen-bond donors (Lipinski definition) is 0. The largest absolute Gasteiger partial charge is 0.374 e. The van der Waals surface area contributed by atoms with Gasteiger partial charge < -0.3 is 47.4 Å². The molecular weight excluding hydrogens is 1000 g/mol. The van der Waals surface area contributed by atoms with E-state index in [9.17, 15) is 8.42 Å². The number of benzene rings is 7. The minimum Gasteiger partial charge on any atom is -0.374 e. The van der Waals surface area contributed by atoms with Gasteiger partial charge in [0.15, 0.2) is 6.29 Å². The van der Waals surface area contributed by atoms with Gasteiger partial charge in [-0.2, -0.15) is 0 Å². The van der Waals surface area contributed by atoms with Crippen molar-refractivity contribution in [2.24, 2.45) is 0 Å². The summed E-state index contributed by atoms with van der Waals surface area (Å²) < 4.78 is 95.8. The molecule has 76 heavy (non-hydrogen) atoms. The molecule has 7 aromatic rings. The Bertz CT molecular complexity index is 2830. The Morgan fingerprint density at radius 2 is 0.605 bits per heavy atom. The average Bonchev–Trinajstić information content (AvgIpc) is 3.45. The predicted molar refractivity (Wildman–Crippen MR) is 289 cm³/mol. The minimum atomic E-state index is -4.17. The van der Waals surface area contributed by atoms with Gasteiger partial charge in [-0.25, -0.2) is 8.42 Å². The average molecular weight is 1070 g/mol. The Labute approximate surface area is 451 Å². The molecule has 10 atom stereocenters. The molecule has 9 rings (SSSR count). The van der Waals surface area contributed by atoms with Crippen molar-refractivity contribution < 1.29 is 55.8 Å². The number of hydrogen-bond acceptors (Lipinski definition) is 12. The molecule has 7 aromatic carbocycles. The van der Waals surface area contributed by atoms with Crippen molar-refractivity contribution in [3.63, 3.8) is 0 Å². The van der Waals surface area contributed by atoms with E-state index in [0.29, 0.717) is 6.61 Å². The lowest BCUT2D eigenvalue weighted by Crippen LogP contribution is -2.66. The molecule has 2 heterocycles. The van der Waals surface area contributed by atoms with Crippen LogP contribution in [0.25, 0.3) is 0 Å². The van der Waals surface area contributed by atoms with Crippen molar-refractivity contribution in [2.75, 3.05) is 19.0 Å². The van der Waals surface area contributed by atoms with Crippen LogP contribution < -0.4 is 0 Å². The lowest BCUT2D eigenvalue weighted by atomic mass is 9.93. The molecule has 0 bridgehead atoms. The first kappa shape index (κ1) is 55.1. The van der Waals surface area contributed by atoms with E-state index in [-0.39, 0.29) is 52.9 Å². The van der Waals surface area contributed by atoms with Crippen LogP contribution in [0.5, 0.6) is 0 Å². The molecule has 0 aliphatic carbocycles. The van der Waals surface area contributed by atoms with Crippen molar-refractivity contribution >= 4 is 19.7 Å². The van der Waals surface area contributed by atoms with Crippen molar-refractivity contribution in [1.82, 2.24) is 0 Å². The number of halogens is 1. The third kappa shape index (κ3) is 16.7. The molecule has 398 valence electrons. The molecule has 14 heteroatoms. The van der Waals surface area contributed by atoms with E-state index < -0.39 is 76.0 Å². The van der Waals surface area contributed by atoms with Crippen LogP contribution >= 0.6 is 10.7 Å². The van der Waals surface area contributed by atoms with Crippen molar-refractivity contribution in [3.8, 4) is 0 Å². The summed E-state index contributed by atoms with van der Waals surface area (Å²) in [5.41, 5.74) is 6.45. The third-order valence-electron chi connectivity index (χ3n) is 13.2. The zero-order valence-corrected chi connectivity index (χ0v) is 43.8. The van der Waals surface area contributed by atoms with E-state index in [1.54, 1.807) is 0 Å². The number of rotatable bonds is 27. The summed E-state index contributed by atoms with van der Waals surface area (Å²) in [6.45, 7) is 1.40. The van der Waals surface area contributed by atoms with Gasteiger partial charge in [0.2, 0.25) is 9.05 Å². The molecule has 2 saturated heterocycles. The van der Waals surface area contributed by atoms with Crippen LogP contribution in [0.2, 0.25) is 0 Å². The van der Waals surface area contributed by atoms with Gasteiger partial charge in [-0.1, -0.05) is 212 Å². The van der Waals surface area contributed by atoms with Gasteiger partial charge in [0, 0.05) is 10.7 Å². The van der Waals surface area contributed by atoms with Crippen molar-refractivity contribution in [1.29, 1.82) is 0 Å². The molecular formula is C62H65ClO12S. The standard InChI is InChI=1S/C62H65ClO12S/c63-76(64,65)45-55-57(69-39-49-28-14-4-15-29-49)59(70-40-50-30-16-5-17-31-50)58(54(73-55)44-67-37-47-24-10-2-11-25-47)75-62-61(72-42-52-34-20-7-21-35-52)60(71-41-51-32-18-6-19-33-51)56(68-38-48-26-12-3-13-27-48)53(74-62)43-66-36-46-22-8-1-9-23-46/h1-35,53-62H,36-45H2/t53?,54?,55-,56-,57?,58+,59-,60+,61?,62-/m0/s1. The normalized spacial score (nSPS) is 23.8. The SMILES string of the molecule is O=S(=O)(Cl)C[C@@H]1OC(COCc2ccccc2)[C@@H](O[C@@H]2OC(COCc3ccccc3)[C@H](OCc3ccccc3)[C@@H](OCc3ccccc3)C2OCc2ccccc2)[C@@H](OCc2ccccc2)C1OCc1ccccc1. The van der Waals surface area contributed by atoms with Crippen LogP contribution in [0, 0.1) is 0 Å². The smallest absolute Gasteiger partial charge is 0.235 e. The first-order valence-electron chi connectivity index (χ1n) is 25.7. The second-order valence-electron chi connectivity index (χ2n) is 18.9. The summed E-state index contributed by atoms with van der Waals surface area (Å²) in [5.74, 6) is -0.583. The summed E-state index contributed by atoms with van der Waals surface area (Å²) in [5, 5.41) is 0. The predicted octanol–water partition coefficient (Wildman–Crippen LogP) is 10.8. The molecule has 0 radical (unpaired) electrons. The number of ether oxygens (including phenoxy) is 10. The lowest BCUT2D eigenvalue weighted by molar-refractivity contribution is -0.362. The van der Waals surface area contributed by atoms with Crippen LogP contribution in [0.3, 0.4) is 0 Å². The Balaban J connectivity index is 1.13. The first-order chi connectivity index (χ1) is 37.3. The highest BCUT2D eigenvalue weighted by atomic mass is 35.7. The van der Waals surface area contributed by atoms with Gasteiger partial charge in [-0.15, -0.1) is 0 Å². The Morgan fingerprint density at radius 1 is 0.329 bits per heavy atom. The van der Waals surface area contributed by atoms with Gasteiger partial charge in [0.1, 0.15) is 54.9 Å². The quantitative estimate of drug-likeness (QED) is 0.0455.